The summed E-state index contributed by atoms with van der Waals surface area (Å²) in [5.41, 5.74) is 1.22. The number of anilines is 2. The van der Waals surface area contributed by atoms with E-state index in [-0.39, 0.29) is 6.10 Å². The molecule has 1 aromatic carbocycles. The minimum Gasteiger partial charge on any atom is -0.391 e. The van der Waals surface area contributed by atoms with Crippen molar-refractivity contribution in [2.75, 3.05) is 29.9 Å². The van der Waals surface area contributed by atoms with Crippen LogP contribution in [0.15, 0.2) is 48.9 Å². The Morgan fingerprint density at radius 3 is 3.00 bits per heavy atom. The SMILES string of the molecule is CN(Cc1cccc2cnccc12)c1nccc(N2CC[C@H](O)C2)n1. The summed E-state index contributed by atoms with van der Waals surface area (Å²) >= 11 is 0. The van der Waals surface area contributed by atoms with Crippen molar-refractivity contribution < 1.29 is 5.11 Å². The van der Waals surface area contributed by atoms with Crippen LogP contribution >= 0.6 is 0 Å². The van der Waals surface area contributed by atoms with Crippen LogP contribution < -0.4 is 9.80 Å². The van der Waals surface area contributed by atoms with E-state index in [1.54, 1.807) is 6.20 Å². The van der Waals surface area contributed by atoms with Crippen molar-refractivity contribution in [3.8, 4) is 0 Å². The Morgan fingerprint density at radius 2 is 2.16 bits per heavy atom. The van der Waals surface area contributed by atoms with E-state index < -0.39 is 0 Å². The molecule has 4 rings (SSSR count). The van der Waals surface area contributed by atoms with Crippen LogP contribution in [0.4, 0.5) is 11.8 Å². The molecule has 25 heavy (non-hydrogen) atoms. The van der Waals surface area contributed by atoms with Gasteiger partial charge in [-0.1, -0.05) is 18.2 Å². The summed E-state index contributed by atoms with van der Waals surface area (Å²) in [7, 11) is 2.00. The van der Waals surface area contributed by atoms with Gasteiger partial charge in [0.2, 0.25) is 5.95 Å². The lowest BCUT2D eigenvalue weighted by Gasteiger charge is -2.21. The maximum absolute atomic E-state index is 9.73. The van der Waals surface area contributed by atoms with Gasteiger partial charge in [0.15, 0.2) is 0 Å². The molecular formula is C19H21N5O. The third kappa shape index (κ3) is 3.25. The Kier molecular flexibility index (Phi) is 4.19. The van der Waals surface area contributed by atoms with Crippen molar-refractivity contribution >= 4 is 22.5 Å². The smallest absolute Gasteiger partial charge is 0.227 e. The summed E-state index contributed by atoms with van der Waals surface area (Å²) in [6, 6.07) is 10.2. The van der Waals surface area contributed by atoms with E-state index in [0.717, 1.165) is 24.2 Å². The highest BCUT2D eigenvalue weighted by Crippen LogP contribution is 2.22. The normalized spacial score (nSPS) is 17.2. The predicted octanol–water partition coefficient (Wildman–Crippen LogP) is 2.23. The molecular weight excluding hydrogens is 314 g/mol. The molecule has 1 aliphatic heterocycles. The molecule has 0 radical (unpaired) electrons. The molecule has 0 unspecified atom stereocenters. The number of fused-ring (bicyclic) bond motifs is 1. The van der Waals surface area contributed by atoms with Gasteiger partial charge in [-0.15, -0.1) is 0 Å². The number of aromatic nitrogens is 3. The Morgan fingerprint density at radius 1 is 1.24 bits per heavy atom. The van der Waals surface area contributed by atoms with E-state index in [1.807, 2.05) is 36.5 Å². The minimum atomic E-state index is -0.263. The third-order valence-corrected chi connectivity index (χ3v) is 4.64. The van der Waals surface area contributed by atoms with Gasteiger partial charge in [0, 0.05) is 50.7 Å². The van der Waals surface area contributed by atoms with Crippen molar-refractivity contribution in [2.45, 2.75) is 19.1 Å². The van der Waals surface area contributed by atoms with E-state index in [2.05, 4.69) is 38.1 Å². The number of benzene rings is 1. The largest absolute Gasteiger partial charge is 0.391 e. The van der Waals surface area contributed by atoms with Crippen LogP contribution in [-0.4, -0.2) is 46.3 Å². The first-order valence-corrected chi connectivity index (χ1v) is 8.49. The molecule has 0 spiro atoms. The molecule has 2 aromatic heterocycles. The van der Waals surface area contributed by atoms with Crippen LogP contribution in [0.3, 0.4) is 0 Å². The van der Waals surface area contributed by atoms with Crippen molar-refractivity contribution in [2.24, 2.45) is 0 Å². The molecule has 1 N–H and O–H groups in total. The second kappa shape index (κ2) is 6.64. The first kappa shape index (κ1) is 15.8. The number of nitrogens with zero attached hydrogens (tertiary/aromatic N) is 5. The monoisotopic (exact) mass is 335 g/mol. The van der Waals surface area contributed by atoms with Crippen LogP contribution in [0.25, 0.3) is 10.8 Å². The topological polar surface area (TPSA) is 65.4 Å². The molecule has 3 aromatic rings. The van der Waals surface area contributed by atoms with E-state index in [1.165, 1.54) is 10.9 Å². The maximum Gasteiger partial charge on any atom is 0.227 e. The Labute approximate surface area is 146 Å². The second-order valence-corrected chi connectivity index (χ2v) is 6.47. The lowest BCUT2D eigenvalue weighted by Crippen LogP contribution is -2.24. The summed E-state index contributed by atoms with van der Waals surface area (Å²) < 4.78 is 0. The van der Waals surface area contributed by atoms with E-state index in [0.29, 0.717) is 19.0 Å². The van der Waals surface area contributed by atoms with Crippen LogP contribution in [0, 0.1) is 0 Å². The molecule has 3 heterocycles. The van der Waals surface area contributed by atoms with E-state index in [4.69, 9.17) is 0 Å². The van der Waals surface area contributed by atoms with E-state index >= 15 is 0 Å². The van der Waals surface area contributed by atoms with Crippen LogP contribution in [0.2, 0.25) is 0 Å². The number of β-amino-alcohol motifs (C(OH)–C–C–N with tert-alkyl or cyclic N) is 1. The van der Waals surface area contributed by atoms with Crippen molar-refractivity contribution in [1.29, 1.82) is 0 Å². The second-order valence-electron chi connectivity index (χ2n) is 6.47. The highest BCUT2D eigenvalue weighted by Gasteiger charge is 2.22. The number of pyridine rings is 1. The van der Waals surface area contributed by atoms with Gasteiger partial charge in [-0.25, -0.2) is 4.98 Å². The summed E-state index contributed by atoms with van der Waals surface area (Å²) in [5, 5.41) is 12.1. The van der Waals surface area contributed by atoms with Gasteiger partial charge in [0.05, 0.1) is 6.10 Å². The number of hydrogen-bond donors (Lipinski definition) is 1. The Bertz CT molecular complexity index is 879. The molecule has 1 atom stereocenters. The molecule has 1 saturated heterocycles. The number of aliphatic hydroxyl groups is 1. The molecule has 0 amide bonds. The van der Waals surface area contributed by atoms with Gasteiger partial charge in [0.25, 0.3) is 0 Å². The first-order chi connectivity index (χ1) is 12.2. The zero-order chi connectivity index (χ0) is 17.2. The fourth-order valence-electron chi connectivity index (χ4n) is 3.30. The fourth-order valence-corrected chi connectivity index (χ4v) is 3.30. The van der Waals surface area contributed by atoms with Gasteiger partial charge in [-0.3, -0.25) is 4.98 Å². The minimum absolute atomic E-state index is 0.263. The average Bonchev–Trinajstić information content (AvgIpc) is 3.09. The van der Waals surface area contributed by atoms with Gasteiger partial charge >= 0.3 is 0 Å². The Balaban J connectivity index is 1.57. The predicted molar refractivity (Wildman–Crippen MR) is 98.7 cm³/mol. The molecule has 128 valence electrons. The van der Waals surface area contributed by atoms with E-state index in [9.17, 15) is 5.11 Å². The van der Waals surface area contributed by atoms with Crippen LogP contribution in [-0.2, 0) is 6.54 Å². The third-order valence-electron chi connectivity index (χ3n) is 4.64. The molecule has 6 nitrogen and oxygen atoms in total. The highest BCUT2D eigenvalue weighted by molar-refractivity contribution is 5.84. The number of rotatable bonds is 4. The highest BCUT2D eigenvalue weighted by atomic mass is 16.3. The zero-order valence-electron chi connectivity index (χ0n) is 14.2. The zero-order valence-corrected chi connectivity index (χ0v) is 14.2. The summed E-state index contributed by atoms with van der Waals surface area (Å²) in [6.45, 7) is 2.18. The van der Waals surface area contributed by atoms with Gasteiger partial charge in [-0.2, -0.15) is 4.98 Å². The molecule has 0 saturated carbocycles. The van der Waals surface area contributed by atoms with Crippen molar-refractivity contribution in [3.63, 3.8) is 0 Å². The average molecular weight is 335 g/mol. The van der Waals surface area contributed by atoms with Gasteiger partial charge < -0.3 is 14.9 Å². The molecule has 6 heteroatoms. The standard InChI is InChI=1S/C19H21N5O/c1-23(12-15-4-2-3-14-11-20-8-5-17(14)15)19-21-9-6-18(22-19)24-10-7-16(25)13-24/h2-6,8-9,11,16,25H,7,10,12-13H2,1H3/t16-/m0/s1. The van der Waals surface area contributed by atoms with Gasteiger partial charge in [0.1, 0.15) is 5.82 Å². The van der Waals surface area contributed by atoms with Crippen molar-refractivity contribution in [3.05, 3.63) is 54.5 Å². The summed E-state index contributed by atoms with van der Waals surface area (Å²) in [6.07, 6.45) is 6.02. The van der Waals surface area contributed by atoms with Crippen LogP contribution in [0.5, 0.6) is 0 Å². The Hall–Kier alpha value is -2.73. The lowest BCUT2D eigenvalue weighted by atomic mass is 10.1. The van der Waals surface area contributed by atoms with Crippen molar-refractivity contribution in [1.82, 2.24) is 15.0 Å². The maximum atomic E-state index is 9.73. The molecule has 0 aliphatic carbocycles. The number of hydrogen-bond acceptors (Lipinski definition) is 6. The summed E-state index contributed by atoms with van der Waals surface area (Å²) in [4.78, 5) is 17.4. The number of aliphatic hydroxyl groups excluding tert-OH is 1. The fraction of sp³-hybridized carbons (Fsp3) is 0.316. The molecule has 1 fully saturated rings. The molecule has 1 aliphatic rings. The quantitative estimate of drug-likeness (QED) is 0.789. The van der Waals surface area contributed by atoms with Gasteiger partial charge in [-0.05, 0) is 29.5 Å². The first-order valence-electron chi connectivity index (χ1n) is 8.49. The summed E-state index contributed by atoms with van der Waals surface area (Å²) in [5.74, 6) is 1.56. The lowest BCUT2D eigenvalue weighted by molar-refractivity contribution is 0.198. The van der Waals surface area contributed by atoms with Crippen LogP contribution in [0.1, 0.15) is 12.0 Å². The molecule has 0 bridgehead atoms.